The van der Waals surface area contributed by atoms with Gasteiger partial charge in [-0.2, -0.15) is 0 Å². The number of rotatable bonds is 6. The highest BCUT2D eigenvalue weighted by Gasteiger charge is 2.35. The maximum Gasteiger partial charge on any atom is 0.263 e. The van der Waals surface area contributed by atoms with Gasteiger partial charge in [0.1, 0.15) is 18.1 Å². The van der Waals surface area contributed by atoms with Gasteiger partial charge in [0.05, 0.1) is 25.0 Å². The molecule has 0 bridgehead atoms. The first-order chi connectivity index (χ1) is 15.7. The highest BCUT2D eigenvalue weighted by Crippen LogP contribution is 2.38. The van der Waals surface area contributed by atoms with Crippen molar-refractivity contribution >= 4 is 21.6 Å². The molecule has 0 saturated carbocycles. The molecule has 0 unspecified atom stereocenters. The zero-order chi connectivity index (χ0) is 25.3. The minimum absolute atomic E-state index is 0.0687. The van der Waals surface area contributed by atoms with Gasteiger partial charge in [0.15, 0.2) is 6.10 Å². The summed E-state index contributed by atoms with van der Waals surface area (Å²) in [6.07, 6.45) is 0.188. The number of carbonyl (C=O) groups is 1. The molecule has 2 aromatic carbocycles. The lowest BCUT2D eigenvalue weighted by atomic mass is 9.86. The maximum atomic E-state index is 12.8. The van der Waals surface area contributed by atoms with E-state index >= 15 is 0 Å². The van der Waals surface area contributed by atoms with Gasteiger partial charge in [-0.05, 0) is 46.2 Å². The van der Waals surface area contributed by atoms with E-state index in [4.69, 9.17) is 9.47 Å². The number of sulfonamides is 1. The normalized spacial score (nSPS) is 16.4. The molecule has 8 heteroatoms. The quantitative estimate of drug-likeness (QED) is 0.621. The van der Waals surface area contributed by atoms with Crippen LogP contribution >= 0.6 is 0 Å². The molecule has 0 spiro atoms. The molecule has 34 heavy (non-hydrogen) atoms. The summed E-state index contributed by atoms with van der Waals surface area (Å²) >= 11 is 0. The van der Waals surface area contributed by atoms with Crippen molar-refractivity contribution in [3.8, 4) is 11.5 Å². The summed E-state index contributed by atoms with van der Waals surface area (Å²) in [6.45, 7) is 13.1. The lowest BCUT2D eigenvalue weighted by Gasteiger charge is -2.35. The fourth-order valence-corrected chi connectivity index (χ4v) is 4.58. The number of hydrogen-bond acceptors (Lipinski definition) is 5. The summed E-state index contributed by atoms with van der Waals surface area (Å²) in [5.74, 6) is 0.717. The van der Waals surface area contributed by atoms with Crippen LogP contribution in [0, 0.1) is 0 Å². The summed E-state index contributed by atoms with van der Waals surface area (Å²) in [5, 5.41) is 2.79. The molecule has 0 saturated heterocycles. The van der Waals surface area contributed by atoms with Gasteiger partial charge in [-0.3, -0.25) is 9.10 Å². The van der Waals surface area contributed by atoms with Crippen LogP contribution in [0.3, 0.4) is 0 Å². The van der Waals surface area contributed by atoms with E-state index in [-0.39, 0.29) is 36.4 Å². The van der Waals surface area contributed by atoms with Gasteiger partial charge in [0.25, 0.3) is 5.91 Å². The molecule has 1 N–H and O–H groups in total. The van der Waals surface area contributed by atoms with Gasteiger partial charge in [-0.1, -0.05) is 59.7 Å². The molecule has 3 rings (SSSR count). The van der Waals surface area contributed by atoms with Gasteiger partial charge in [-0.15, -0.1) is 0 Å². The second-order valence-corrected chi connectivity index (χ2v) is 12.7. The summed E-state index contributed by atoms with van der Waals surface area (Å²) in [7, 11) is -3.59. The van der Waals surface area contributed by atoms with Crippen molar-refractivity contribution in [2.75, 3.05) is 30.3 Å². The Labute approximate surface area is 203 Å². The Bertz CT molecular complexity index is 1130. The number of carbonyl (C=O) groups excluding carboxylic acids is 1. The van der Waals surface area contributed by atoms with Crippen LogP contribution < -0.4 is 19.1 Å². The summed E-state index contributed by atoms with van der Waals surface area (Å²) < 4.78 is 37.9. The first kappa shape index (κ1) is 25.9. The fourth-order valence-electron chi connectivity index (χ4n) is 3.68. The number of benzene rings is 2. The molecule has 0 radical (unpaired) electrons. The number of ether oxygens (including phenoxy) is 2. The molecule has 0 aliphatic carbocycles. The van der Waals surface area contributed by atoms with E-state index in [1.54, 1.807) is 6.07 Å². The van der Waals surface area contributed by atoms with E-state index in [1.165, 1.54) is 9.87 Å². The average molecular weight is 489 g/mol. The zero-order valence-electron chi connectivity index (χ0n) is 21.1. The second kappa shape index (κ2) is 9.49. The van der Waals surface area contributed by atoms with Crippen LogP contribution in [0.15, 0.2) is 42.5 Å². The monoisotopic (exact) mass is 488 g/mol. The Hall–Kier alpha value is -2.74. The van der Waals surface area contributed by atoms with Crippen LogP contribution in [0.1, 0.15) is 52.7 Å². The van der Waals surface area contributed by atoms with E-state index in [9.17, 15) is 13.2 Å². The SMILES string of the molecule is CC(C)(C)c1ccc(OCCNC(=O)[C@H]2CN(S(C)(=O)=O)c3cc(C(C)(C)C)ccc3O2)cc1. The minimum Gasteiger partial charge on any atom is -0.492 e. The Morgan fingerprint density at radius 2 is 1.62 bits per heavy atom. The third kappa shape index (κ3) is 6.23. The molecule has 1 aliphatic rings. The van der Waals surface area contributed by atoms with Crippen LogP contribution in [0.5, 0.6) is 11.5 Å². The number of hydrogen-bond donors (Lipinski definition) is 1. The molecule has 0 aromatic heterocycles. The third-order valence-electron chi connectivity index (χ3n) is 5.78. The number of nitrogens with zero attached hydrogens (tertiary/aromatic N) is 1. The van der Waals surface area contributed by atoms with Gasteiger partial charge < -0.3 is 14.8 Å². The molecule has 1 amide bonds. The van der Waals surface area contributed by atoms with Crippen LogP contribution in [0.2, 0.25) is 0 Å². The molecule has 2 aromatic rings. The smallest absolute Gasteiger partial charge is 0.263 e. The maximum absolute atomic E-state index is 12.8. The van der Waals surface area contributed by atoms with Crippen molar-refractivity contribution in [3.63, 3.8) is 0 Å². The van der Waals surface area contributed by atoms with E-state index < -0.39 is 16.1 Å². The number of nitrogens with one attached hydrogen (secondary N) is 1. The molecule has 186 valence electrons. The van der Waals surface area contributed by atoms with Gasteiger partial charge in [0, 0.05) is 0 Å². The second-order valence-electron chi connectivity index (χ2n) is 10.7. The van der Waals surface area contributed by atoms with Crippen LogP contribution in [-0.2, 0) is 25.6 Å². The first-order valence-electron chi connectivity index (χ1n) is 11.5. The number of amides is 1. The van der Waals surface area contributed by atoms with E-state index in [2.05, 4.69) is 46.9 Å². The zero-order valence-corrected chi connectivity index (χ0v) is 22.0. The molecular weight excluding hydrogens is 452 g/mol. The predicted octanol–water partition coefficient (Wildman–Crippen LogP) is 4.00. The Morgan fingerprint density at radius 1 is 1.03 bits per heavy atom. The van der Waals surface area contributed by atoms with Crippen molar-refractivity contribution < 1.29 is 22.7 Å². The van der Waals surface area contributed by atoms with Crippen LogP contribution in [-0.4, -0.2) is 46.4 Å². The van der Waals surface area contributed by atoms with E-state index in [1.807, 2.05) is 36.4 Å². The molecule has 1 aliphatic heterocycles. The van der Waals surface area contributed by atoms with Gasteiger partial charge >= 0.3 is 0 Å². The Balaban J connectivity index is 1.62. The summed E-state index contributed by atoms with van der Waals surface area (Å²) in [5.41, 5.74) is 2.58. The third-order valence-corrected chi connectivity index (χ3v) is 6.92. The number of anilines is 1. The van der Waals surface area contributed by atoms with Gasteiger partial charge in [0.2, 0.25) is 10.0 Å². The highest BCUT2D eigenvalue weighted by atomic mass is 32.2. The fraction of sp³-hybridized carbons (Fsp3) is 0.500. The van der Waals surface area contributed by atoms with Crippen molar-refractivity contribution in [2.24, 2.45) is 0 Å². The lowest BCUT2D eigenvalue weighted by molar-refractivity contribution is -0.127. The highest BCUT2D eigenvalue weighted by molar-refractivity contribution is 7.92. The van der Waals surface area contributed by atoms with Crippen molar-refractivity contribution in [2.45, 2.75) is 58.5 Å². The Kier molecular flexibility index (Phi) is 7.22. The molecule has 7 nitrogen and oxygen atoms in total. The predicted molar refractivity (Wildman–Crippen MR) is 135 cm³/mol. The molecular formula is C26H36N2O5S. The average Bonchev–Trinajstić information content (AvgIpc) is 2.73. The van der Waals surface area contributed by atoms with Gasteiger partial charge in [-0.25, -0.2) is 8.42 Å². The standard InChI is InChI=1S/C26H36N2O5S/c1-25(2,3)18-8-11-20(12-9-18)32-15-14-27-24(29)23-17-28(34(7,30)31)21-16-19(26(4,5)6)10-13-22(21)33-23/h8-13,16,23H,14-15,17H2,1-7H3,(H,27,29)/t23-/m1/s1. The van der Waals surface area contributed by atoms with Crippen molar-refractivity contribution in [1.82, 2.24) is 5.32 Å². The van der Waals surface area contributed by atoms with E-state index in [0.717, 1.165) is 17.6 Å². The number of fused-ring (bicyclic) bond motifs is 1. The first-order valence-corrected chi connectivity index (χ1v) is 13.3. The van der Waals surface area contributed by atoms with Crippen LogP contribution in [0.4, 0.5) is 5.69 Å². The summed E-state index contributed by atoms with van der Waals surface area (Å²) in [4.78, 5) is 12.8. The Morgan fingerprint density at radius 3 is 2.18 bits per heavy atom. The topological polar surface area (TPSA) is 84.9 Å². The van der Waals surface area contributed by atoms with Crippen LogP contribution in [0.25, 0.3) is 0 Å². The summed E-state index contributed by atoms with van der Waals surface area (Å²) in [6, 6.07) is 13.4. The largest absolute Gasteiger partial charge is 0.492 e. The molecule has 0 fully saturated rings. The van der Waals surface area contributed by atoms with Crippen molar-refractivity contribution in [1.29, 1.82) is 0 Å². The minimum atomic E-state index is -3.59. The van der Waals surface area contributed by atoms with E-state index in [0.29, 0.717) is 11.4 Å². The van der Waals surface area contributed by atoms with Crippen molar-refractivity contribution in [3.05, 3.63) is 53.6 Å². The molecule has 1 heterocycles. The molecule has 1 atom stereocenters. The lowest BCUT2D eigenvalue weighted by Crippen LogP contribution is -2.51.